The first-order chi connectivity index (χ1) is 16.0. The van der Waals surface area contributed by atoms with Gasteiger partial charge in [0.2, 0.25) is 11.8 Å². The third-order valence-corrected chi connectivity index (χ3v) is 6.65. The van der Waals surface area contributed by atoms with Gasteiger partial charge in [-0.2, -0.15) is 0 Å². The van der Waals surface area contributed by atoms with E-state index in [1.54, 1.807) is 35.5 Å². The summed E-state index contributed by atoms with van der Waals surface area (Å²) in [5.74, 6) is -0.306. The lowest BCUT2D eigenvalue weighted by molar-refractivity contribution is -0.131. The zero-order chi connectivity index (χ0) is 23.2. The topological polar surface area (TPSA) is 103 Å². The number of nitrogens with zero attached hydrogens (tertiary/aromatic N) is 2. The number of dihydropyridines is 1. The SMILES string of the molecule is O=C(Nc1ccc(CI)cn1)C1=CC=CNC1NC(=O)C1C=CC(N2CCCCC2=O)=CC1. The molecule has 2 aliphatic heterocycles. The summed E-state index contributed by atoms with van der Waals surface area (Å²) in [5, 5.41) is 8.73. The molecule has 1 aliphatic carbocycles. The van der Waals surface area contributed by atoms with Gasteiger partial charge in [-0.1, -0.05) is 40.8 Å². The highest BCUT2D eigenvalue weighted by atomic mass is 127. The van der Waals surface area contributed by atoms with E-state index in [0.29, 0.717) is 24.2 Å². The minimum Gasteiger partial charge on any atom is -0.367 e. The van der Waals surface area contributed by atoms with Crippen molar-refractivity contribution in [1.82, 2.24) is 20.5 Å². The van der Waals surface area contributed by atoms with Crippen LogP contribution in [0.1, 0.15) is 31.2 Å². The number of piperidine rings is 1. The molecule has 2 unspecified atom stereocenters. The van der Waals surface area contributed by atoms with Crippen LogP contribution in [0.2, 0.25) is 0 Å². The maximum atomic E-state index is 12.9. The molecule has 1 fully saturated rings. The summed E-state index contributed by atoms with van der Waals surface area (Å²) in [6.07, 6.45) is 14.8. The number of likely N-dealkylation sites (tertiary alicyclic amines) is 1. The van der Waals surface area contributed by atoms with Crippen molar-refractivity contribution in [2.75, 3.05) is 11.9 Å². The molecule has 1 aromatic heterocycles. The average Bonchev–Trinajstić information content (AvgIpc) is 2.85. The number of anilines is 1. The molecular formula is C24H26IN5O3. The van der Waals surface area contributed by atoms with Crippen LogP contribution >= 0.6 is 22.6 Å². The van der Waals surface area contributed by atoms with E-state index in [1.807, 2.05) is 24.3 Å². The minimum atomic E-state index is -0.654. The number of halogens is 1. The van der Waals surface area contributed by atoms with Gasteiger partial charge in [-0.15, -0.1) is 0 Å². The molecule has 1 saturated heterocycles. The summed E-state index contributed by atoms with van der Waals surface area (Å²) in [6, 6.07) is 3.67. The fraction of sp³-hybridized carbons (Fsp3) is 0.333. The van der Waals surface area contributed by atoms with Gasteiger partial charge in [0.15, 0.2) is 0 Å². The second-order valence-electron chi connectivity index (χ2n) is 8.06. The lowest BCUT2D eigenvalue weighted by Gasteiger charge is -2.30. The van der Waals surface area contributed by atoms with Crippen LogP contribution in [0.15, 0.2) is 66.2 Å². The molecule has 172 valence electrons. The predicted octanol–water partition coefficient (Wildman–Crippen LogP) is 2.91. The molecule has 2 atom stereocenters. The quantitative estimate of drug-likeness (QED) is 0.368. The van der Waals surface area contributed by atoms with E-state index < -0.39 is 6.17 Å². The Morgan fingerprint density at radius 2 is 2.15 bits per heavy atom. The van der Waals surface area contributed by atoms with Crippen molar-refractivity contribution in [2.24, 2.45) is 5.92 Å². The fourth-order valence-electron chi connectivity index (χ4n) is 3.91. The summed E-state index contributed by atoms with van der Waals surface area (Å²) in [5.41, 5.74) is 2.33. The van der Waals surface area contributed by atoms with Crippen LogP contribution in [-0.2, 0) is 18.8 Å². The van der Waals surface area contributed by atoms with Gasteiger partial charge in [0.25, 0.3) is 5.91 Å². The van der Waals surface area contributed by atoms with E-state index in [0.717, 1.165) is 35.1 Å². The van der Waals surface area contributed by atoms with Crippen LogP contribution in [0, 0.1) is 5.92 Å². The highest BCUT2D eigenvalue weighted by Crippen LogP contribution is 2.24. The number of aromatic nitrogens is 1. The van der Waals surface area contributed by atoms with E-state index in [9.17, 15) is 14.4 Å². The Kier molecular flexibility index (Phi) is 7.58. The van der Waals surface area contributed by atoms with E-state index in [-0.39, 0.29) is 23.6 Å². The van der Waals surface area contributed by atoms with E-state index >= 15 is 0 Å². The van der Waals surface area contributed by atoms with E-state index in [1.165, 1.54) is 0 Å². The highest BCUT2D eigenvalue weighted by molar-refractivity contribution is 14.1. The van der Waals surface area contributed by atoms with Crippen molar-refractivity contribution in [3.8, 4) is 0 Å². The maximum absolute atomic E-state index is 12.9. The van der Waals surface area contributed by atoms with Gasteiger partial charge in [-0.05, 0) is 55.3 Å². The first kappa shape index (κ1) is 23.2. The zero-order valence-electron chi connectivity index (χ0n) is 18.1. The van der Waals surface area contributed by atoms with Crippen LogP contribution in [-0.4, -0.2) is 40.3 Å². The number of rotatable bonds is 6. The van der Waals surface area contributed by atoms with Crippen LogP contribution in [0.5, 0.6) is 0 Å². The standard InChI is InChI=1S/C24H26IN5O3/c25-14-16-6-11-20(27-15-16)28-24(33)19-4-3-12-26-22(19)29-23(32)17-7-9-18(10-8-17)30-13-2-1-5-21(30)31/h3-4,6-7,9-12,15,17,22,26H,1-2,5,8,13-14H2,(H,29,32)(H,27,28,33). The lowest BCUT2D eigenvalue weighted by Crippen LogP contribution is -2.49. The summed E-state index contributed by atoms with van der Waals surface area (Å²) >= 11 is 2.25. The average molecular weight is 559 g/mol. The first-order valence-electron chi connectivity index (χ1n) is 11.0. The Balaban J connectivity index is 1.35. The Morgan fingerprint density at radius 3 is 2.85 bits per heavy atom. The normalized spacial score (nSPS) is 22.2. The van der Waals surface area contributed by atoms with Crippen molar-refractivity contribution < 1.29 is 14.4 Å². The number of amides is 3. The fourth-order valence-corrected chi connectivity index (χ4v) is 4.36. The molecule has 0 radical (unpaired) electrons. The highest BCUT2D eigenvalue weighted by Gasteiger charge is 2.28. The largest absolute Gasteiger partial charge is 0.367 e. The molecule has 0 bridgehead atoms. The number of hydrogen-bond acceptors (Lipinski definition) is 5. The predicted molar refractivity (Wildman–Crippen MR) is 134 cm³/mol. The van der Waals surface area contributed by atoms with Crippen LogP contribution in [0.3, 0.4) is 0 Å². The van der Waals surface area contributed by atoms with Crippen LogP contribution in [0.4, 0.5) is 5.82 Å². The van der Waals surface area contributed by atoms with E-state index in [4.69, 9.17) is 0 Å². The van der Waals surface area contributed by atoms with Gasteiger partial charge in [0.05, 0.1) is 11.5 Å². The van der Waals surface area contributed by atoms with Gasteiger partial charge in [0, 0.05) is 29.3 Å². The molecule has 4 rings (SSSR count). The van der Waals surface area contributed by atoms with Crippen molar-refractivity contribution in [3.05, 3.63) is 71.7 Å². The monoisotopic (exact) mass is 559 g/mol. The molecular weight excluding hydrogens is 533 g/mol. The van der Waals surface area contributed by atoms with Crippen molar-refractivity contribution >= 4 is 46.1 Å². The number of nitrogens with one attached hydrogen (secondary N) is 3. The van der Waals surface area contributed by atoms with Crippen molar-refractivity contribution in [2.45, 2.75) is 36.3 Å². The summed E-state index contributed by atoms with van der Waals surface area (Å²) in [4.78, 5) is 43.9. The third kappa shape index (κ3) is 5.70. The minimum absolute atomic E-state index is 0.137. The molecule has 3 N–H and O–H groups in total. The second kappa shape index (κ2) is 10.8. The Hall–Kier alpha value is -2.95. The number of alkyl halides is 1. The number of hydrogen-bond donors (Lipinski definition) is 3. The van der Waals surface area contributed by atoms with Gasteiger partial charge >= 0.3 is 0 Å². The van der Waals surface area contributed by atoms with Gasteiger partial charge < -0.3 is 20.9 Å². The second-order valence-corrected chi connectivity index (χ2v) is 8.82. The Labute approximate surface area is 206 Å². The Bertz CT molecular complexity index is 1040. The number of carbonyl (C=O) groups excluding carboxylic acids is 3. The van der Waals surface area contributed by atoms with Crippen molar-refractivity contribution in [1.29, 1.82) is 0 Å². The van der Waals surface area contributed by atoms with Gasteiger partial charge in [-0.25, -0.2) is 4.98 Å². The molecule has 9 heteroatoms. The summed E-state index contributed by atoms with van der Waals surface area (Å²) < 4.78 is 0.841. The number of pyridine rings is 1. The van der Waals surface area contributed by atoms with Crippen LogP contribution < -0.4 is 16.0 Å². The molecule has 0 saturated carbocycles. The lowest BCUT2D eigenvalue weighted by atomic mass is 9.96. The third-order valence-electron chi connectivity index (χ3n) is 5.77. The molecule has 8 nitrogen and oxygen atoms in total. The Morgan fingerprint density at radius 1 is 1.27 bits per heavy atom. The summed E-state index contributed by atoms with van der Waals surface area (Å²) in [7, 11) is 0. The smallest absolute Gasteiger partial charge is 0.256 e. The molecule has 0 spiro atoms. The van der Waals surface area contributed by atoms with Crippen LogP contribution in [0.25, 0.3) is 0 Å². The van der Waals surface area contributed by atoms with Gasteiger partial charge in [0.1, 0.15) is 12.0 Å². The molecule has 1 aromatic rings. The molecule has 3 heterocycles. The summed E-state index contributed by atoms with van der Waals surface area (Å²) in [6.45, 7) is 0.725. The molecule has 0 aromatic carbocycles. The zero-order valence-corrected chi connectivity index (χ0v) is 20.2. The van der Waals surface area contributed by atoms with E-state index in [2.05, 4.69) is 43.5 Å². The number of allylic oxidation sites excluding steroid dienone is 4. The molecule has 33 heavy (non-hydrogen) atoms. The molecule has 3 amide bonds. The maximum Gasteiger partial charge on any atom is 0.256 e. The molecule has 3 aliphatic rings. The number of carbonyl (C=O) groups is 3. The first-order valence-corrected chi connectivity index (χ1v) is 12.5. The van der Waals surface area contributed by atoms with Gasteiger partial charge in [-0.3, -0.25) is 14.4 Å². The van der Waals surface area contributed by atoms with Crippen molar-refractivity contribution in [3.63, 3.8) is 0 Å².